The quantitative estimate of drug-likeness (QED) is 0.638. The highest BCUT2D eigenvalue weighted by molar-refractivity contribution is 6.03. The van der Waals surface area contributed by atoms with Crippen LogP contribution in [0.5, 0.6) is 0 Å². The van der Waals surface area contributed by atoms with Crippen LogP contribution in [0, 0.1) is 17.8 Å². The minimum atomic E-state index is -0.116. The monoisotopic (exact) mass is 403 g/mol. The molecule has 0 spiro atoms. The number of likely N-dealkylation sites (tertiary alicyclic amines) is 1. The summed E-state index contributed by atoms with van der Waals surface area (Å²) in [4.78, 5) is 38.8. The minimum absolute atomic E-state index is 0.00486. The van der Waals surface area contributed by atoms with Crippen molar-refractivity contribution in [2.45, 2.75) is 78.3 Å². The predicted octanol–water partition coefficient (Wildman–Crippen LogP) is 2.29. The normalized spacial score (nSPS) is 24.9. The molecule has 8 nitrogen and oxygen atoms in total. The van der Waals surface area contributed by atoms with Crippen molar-refractivity contribution in [1.29, 1.82) is 0 Å². The molecule has 2 heterocycles. The summed E-state index contributed by atoms with van der Waals surface area (Å²) >= 11 is 0. The summed E-state index contributed by atoms with van der Waals surface area (Å²) in [7, 11) is 0. The van der Waals surface area contributed by atoms with Crippen molar-refractivity contribution in [3.05, 3.63) is 11.9 Å². The summed E-state index contributed by atoms with van der Waals surface area (Å²) in [5.74, 6) is 0.244. The third kappa shape index (κ3) is 5.42. The molecule has 0 aromatic carbocycles. The van der Waals surface area contributed by atoms with Gasteiger partial charge in [0.05, 0.1) is 12.7 Å². The van der Waals surface area contributed by atoms with Crippen molar-refractivity contribution in [3.63, 3.8) is 0 Å². The zero-order valence-corrected chi connectivity index (χ0v) is 17.6. The Morgan fingerprint density at radius 3 is 2.62 bits per heavy atom. The molecule has 1 atom stereocenters. The lowest BCUT2D eigenvalue weighted by Gasteiger charge is -2.30. The molecule has 0 bridgehead atoms. The Morgan fingerprint density at radius 1 is 1.21 bits per heavy atom. The summed E-state index contributed by atoms with van der Waals surface area (Å²) in [5.41, 5.74) is 0.762. The van der Waals surface area contributed by atoms with Crippen LogP contribution in [0.4, 0.5) is 0 Å². The van der Waals surface area contributed by atoms with Crippen molar-refractivity contribution >= 4 is 17.7 Å². The van der Waals surface area contributed by atoms with Crippen molar-refractivity contribution in [2.75, 3.05) is 6.54 Å². The number of nitrogens with zero attached hydrogens (tertiary/aromatic N) is 4. The summed E-state index contributed by atoms with van der Waals surface area (Å²) in [6, 6.07) is 0. The molecule has 1 N–H and O–H groups in total. The van der Waals surface area contributed by atoms with E-state index in [4.69, 9.17) is 0 Å². The van der Waals surface area contributed by atoms with Gasteiger partial charge < -0.3 is 5.32 Å². The number of aromatic nitrogens is 3. The van der Waals surface area contributed by atoms with E-state index in [0.29, 0.717) is 25.4 Å². The molecule has 1 unspecified atom stereocenters. The maximum absolute atomic E-state index is 12.5. The Bertz CT molecular complexity index is 724. The molecule has 0 radical (unpaired) electrons. The molecular weight excluding hydrogens is 370 g/mol. The first kappa shape index (κ1) is 21.5. The van der Waals surface area contributed by atoms with Crippen molar-refractivity contribution in [3.8, 4) is 0 Å². The number of unbranched alkanes of at least 4 members (excludes halogenated alkanes) is 1. The lowest BCUT2D eigenvalue weighted by atomic mass is 9.81. The van der Waals surface area contributed by atoms with Crippen molar-refractivity contribution < 1.29 is 14.4 Å². The second-order valence-electron chi connectivity index (χ2n) is 8.39. The highest BCUT2D eigenvalue weighted by Gasteiger charge is 2.39. The smallest absolute Gasteiger partial charge is 0.232 e. The first-order chi connectivity index (χ1) is 14.0. The highest BCUT2D eigenvalue weighted by atomic mass is 16.2. The van der Waals surface area contributed by atoms with Gasteiger partial charge in [0.25, 0.3) is 0 Å². The van der Waals surface area contributed by atoms with Crippen molar-refractivity contribution in [2.24, 2.45) is 17.8 Å². The fraction of sp³-hybridized carbons (Fsp3) is 0.762. The molecule has 1 saturated heterocycles. The molecule has 1 aromatic heterocycles. The van der Waals surface area contributed by atoms with E-state index in [-0.39, 0.29) is 29.6 Å². The molecule has 1 aliphatic heterocycles. The SMILES string of the molecule is CCCCC1CC(=O)N(CC2CCC(C(=O)NCc3cn(CC)nn3)CC2)C1=O. The van der Waals surface area contributed by atoms with Crippen molar-refractivity contribution in [1.82, 2.24) is 25.2 Å². The Balaban J connectivity index is 1.41. The van der Waals surface area contributed by atoms with Gasteiger partial charge in [-0.05, 0) is 44.9 Å². The van der Waals surface area contributed by atoms with Crippen LogP contribution >= 0.6 is 0 Å². The van der Waals surface area contributed by atoms with E-state index in [9.17, 15) is 14.4 Å². The largest absolute Gasteiger partial charge is 0.350 e. The van der Waals surface area contributed by atoms with Gasteiger partial charge in [-0.15, -0.1) is 5.10 Å². The number of carbonyl (C=O) groups excluding carboxylic acids is 3. The van der Waals surface area contributed by atoms with E-state index in [0.717, 1.165) is 57.2 Å². The van der Waals surface area contributed by atoms with Crippen LogP contribution in [-0.4, -0.2) is 44.2 Å². The summed E-state index contributed by atoms with van der Waals surface area (Å²) in [5, 5.41) is 11.0. The first-order valence-corrected chi connectivity index (χ1v) is 11.0. The van der Waals surface area contributed by atoms with Crippen LogP contribution in [-0.2, 0) is 27.5 Å². The van der Waals surface area contributed by atoms with E-state index in [2.05, 4.69) is 22.6 Å². The van der Waals surface area contributed by atoms with E-state index < -0.39 is 0 Å². The highest BCUT2D eigenvalue weighted by Crippen LogP contribution is 2.32. The Kier molecular flexibility index (Phi) is 7.39. The molecule has 29 heavy (non-hydrogen) atoms. The fourth-order valence-corrected chi connectivity index (χ4v) is 4.38. The topological polar surface area (TPSA) is 97.2 Å². The van der Waals surface area contributed by atoms with Gasteiger partial charge in [-0.2, -0.15) is 0 Å². The molecule has 160 valence electrons. The van der Waals surface area contributed by atoms with Crippen LogP contribution < -0.4 is 5.32 Å². The number of hydrogen-bond acceptors (Lipinski definition) is 5. The van der Waals surface area contributed by atoms with E-state index in [1.54, 1.807) is 4.68 Å². The fourth-order valence-electron chi connectivity index (χ4n) is 4.38. The molecular formula is C21H33N5O3. The van der Waals surface area contributed by atoms with Crippen LogP contribution in [0.2, 0.25) is 0 Å². The molecule has 1 aromatic rings. The molecule has 2 aliphatic rings. The van der Waals surface area contributed by atoms with Gasteiger partial charge in [-0.1, -0.05) is 25.0 Å². The maximum Gasteiger partial charge on any atom is 0.232 e. The number of hydrogen-bond donors (Lipinski definition) is 1. The van der Waals surface area contributed by atoms with Crippen LogP contribution in [0.25, 0.3) is 0 Å². The second-order valence-corrected chi connectivity index (χ2v) is 8.39. The first-order valence-electron chi connectivity index (χ1n) is 11.0. The van der Waals surface area contributed by atoms with Crippen LogP contribution in [0.1, 0.15) is 70.9 Å². The number of imide groups is 1. The van der Waals surface area contributed by atoms with Crippen LogP contribution in [0.3, 0.4) is 0 Å². The minimum Gasteiger partial charge on any atom is -0.350 e. The predicted molar refractivity (Wildman–Crippen MR) is 107 cm³/mol. The average Bonchev–Trinajstić information content (AvgIpc) is 3.30. The average molecular weight is 404 g/mol. The van der Waals surface area contributed by atoms with Crippen LogP contribution in [0.15, 0.2) is 6.20 Å². The third-order valence-electron chi connectivity index (χ3n) is 6.26. The van der Waals surface area contributed by atoms with Gasteiger partial charge in [0.2, 0.25) is 17.7 Å². The number of rotatable bonds is 9. The van der Waals surface area contributed by atoms with Gasteiger partial charge >= 0.3 is 0 Å². The standard InChI is InChI=1S/C21H33N5O3/c1-3-5-6-17-11-19(27)26(21(17)29)13-15-7-9-16(10-8-15)20(28)22-12-18-14-25(4-2)24-23-18/h14-17H,3-13H2,1-2H3,(H,22,28). The molecule has 1 aliphatic carbocycles. The Hall–Kier alpha value is -2.25. The number of carbonyl (C=O) groups is 3. The van der Waals surface area contributed by atoms with Gasteiger partial charge in [0, 0.05) is 31.3 Å². The maximum atomic E-state index is 12.5. The molecule has 3 rings (SSSR count). The molecule has 2 fully saturated rings. The summed E-state index contributed by atoms with van der Waals surface area (Å²) in [6.45, 7) is 5.77. The zero-order chi connectivity index (χ0) is 20.8. The Morgan fingerprint density at radius 2 is 1.97 bits per heavy atom. The lowest BCUT2D eigenvalue weighted by molar-refractivity contribution is -0.140. The zero-order valence-electron chi connectivity index (χ0n) is 17.6. The second kappa shape index (κ2) is 9.98. The third-order valence-corrected chi connectivity index (χ3v) is 6.26. The van der Waals surface area contributed by atoms with Gasteiger partial charge in [0.1, 0.15) is 5.69 Å². The van der Waals surface area contributed by atoms with Gasteiger partial charge in [-0.3, -0.25) is 24.0 Å². The van der Waals surface area contributed by atoms with E-state index in [1.807, 2.05) is 13.1 Å². The number of amides is 3. The van der Waals surface area contributed by atoms with Gasteiger partial charge in [-0.25, -0.2) is 0 Å². The van der Waals surface area contributed by atoms with E-state index >= 15 is 0 Å². The molecule has 3 amide bonds. The Labute approximate surface area is 172 Å². The number of nitrogens with one attached hydrogen (secondary N) is 1. The van der Waals surface area contributed by atoms with E-state index in [1.165, 1.54) is 4.90 Å². The summed E-state index contributed by atoms with van der Waals surface area (Å²) in [6.07, 6.45) is 8.42. The molecule has 8 heteroatoms. The number of aryl methyl sites for hydroxylation is 1. The summed E-state index contributed by atoms with van der Waals surface area (Å²) < 4.78 is 1.74. The molecule has 1 saturated carbocycles. The lowest BCUT2D eigenvalue weighted by Crippen LogP contribution is -2.38. The van der Waals surface area contributed by atoms with Gasteiger partial charge in [0.15, 0.2) is 0 Å².